The Balaban J connectivity index is 0.00000588. The molecule has 10 atom stereocenters. The SMILES string of the molecule is CN[C@@H](C)C(=O)N[C@H](C(=O)N1C[C@@H](CC(=O)c2cccc(C(=O)C[C@H]3C[C@@H](C(=O)N[C@@H]4CCCc5cc(O)ccc54)N(C(=O)[C@@H](NC(=O)[C@H](C)NC)C(C)(C)C)C3)c2)C[C@H]1C(=O)N[C@@H]1CCCc2cc(O)ccc21)C(C)(C)C.Cl.Cl. The Bertz CT molecular complexity index is 2600. The lowest BCUT2D eigenvalue weighted by Crippen LogP contribution is -2.59. The van der Waals surface area contributed by atoms with Gasteiger partial charge in [-0.05, 0) is 155 Å². The van der Waals surface area contributed by atoms with Crippen LogP contribution in [0.3, 0.4) is 0 Å². The van der Waals surface area contributed by atoms with Crippen molar-refractivity contribution in [1.82, 2.24) is 41.7 Å². The lowest BCUT2D eigenvalue weighted by molar-refractivity contribution is -0.144. The molecule has 2 aliphatic heterocycles. The third-order valence-electron chi connectivity index (χ3n) is 16.4. The fourth-order valence-corrected chi connectivity index (χ4v) is 11.6. The van der Waals surface area contributed by atoms with E-state index in [1.807, 2.05) is 53.7 Å². The first-order chi connectivity index (χ1) is 36.8. The normalized spacial score (nSPS) is 22.1. The number of benzene rings is 3. The van der Waals surface area contributed by atoms with Gasteiger partial charge in [-0.1, -0.05) is 71.9 Å². The zero-order valence-corrected chi connectivity index (χ0v) is 49.5. The van der Waals surface area contributed by atoms with Gasteiger partial charge in [0.2, 0.25) is 35.4 Å². The summed E-state index contributed by atoms with van der Waals surface area (Å²) < 4.78 is 0. The van der Waals surface area contributed by atoms with Gasteiger partial charge in [-0.2, -0.15) is 0 Å². The number of aryl methyl sites for hydroxylation is 2. The highest BCUT2D eigenvalue weighted by Gasteiger charge is 2.48. The van der Waals surface area contributed by atoms with Crippen molar-refractivity contribution in [2.75, 3.05) is 27.2 Å². The van der Waals surface area contributed by atoms with Gasteiger partial charge in [-0.3, -0.25) is 38.4 Å². The molecule has 2 fully saturated rings. The number of nitrogens with zero attached hydrogens (tertiary/aromatic N) is 2. The van der Waals surface area contributed by atoms with E-state index in [0.717, 1.165) is 47.9 Å². The number of carbonyl (C=O) groups excluding carboxylic acids is 8. The molecular weight excluding hydrogens is 1060 g/mol. The zero-order valence-electron chi connectivity index (χ0n) is 47.9. The largest absolute Gasteiger partial charge is 0.508 e. The quantitative estimate of drug-likeness (QED) is 0.0665. The molecule has 20 heteroatoms. The monoisotopic (exact) mass is 1150 g/mol. The molecule has 6 amide bonds. The van der Waals surface area contributed by atoms with Gasteiger partial charge < -0.3 is 51.9 Å². The number of Topliss-reactive ketones (excluding diaryl/α,β-unsaturated/α-hetero) is 2. The Hall–Kier alpha value is -6.08. The highest BCUT2D eigenvalue weighted by molar-refractivity contribution is 6.02. The van der Waals surface area contributed by atoms with Crippen molar-refractivity contribution in [1.29, 1.82) is 0 Å². The summed E-state index contributed by atoms with van der Waals surface area (Å²) in [6.07, 6.45) is 4.65. The lowest BCUT2D eigenvalue weighted by atomic mass is 9.85. The van der Waals surface area contributed by atoms with Crippen LogP contribution in [0.4, 0.5) is 0 Å². The summed E-state index contributed by atoms with van der Waals surface area (Å²) in [6, 6.07) is 10.8. The van der Waals surface area contributed by atoms with Gasteiger partial charge in [0.15, 0.2) is 11.6 Å². The second-order valence-corrected chi connectivity index (χ2v) is 24.4. The minimum atomic E-state index is -1.00. The fourth-order valence-electron chi connectivity index (χ4n) is 11.6. The van der Waals surface area contributed by atoms with Crippen molar-refractivity contribution in [3.8, 4) is 11.5 Å². The Morgan fingerprint density at radius 1 is 0.575 bits per heavy atom. The number of phenols is 2. The maximum atomic E-state index is 14.7. The molecule has 0 aromatic heterocycles. The molecule has 8 N–H and O–H groups in total. The average Bonchev–Trinajstić information content (AvgIpc) is 4.02. The predicted octanol–water partition coefficient (Wildman–Crippen LogP) is 6.19. The first kappa shape index (κ1) is 64.7. The zero-order chi connectivity index (χ0) is 57.0. The van der Waals surface area contributed by atoms with Gasteiger partial charge in [-0.25, -0.2) is 0 Å². The first-order valence-electron chi connectivity index (χ1n) is 27.7. The molecule has 18 nitrogen and oxygen atoms in total. The van der Waals surface area contributed by atoms with Gasteiger partial charge in [0.05, 0.1) is 24.2 Å². The van der Waals surface area contributed by atoms with Crippen molar-refractivity contribution in [2.45, 2.75) is 168 Å². The molecule has 0 unspecified atom stereocenters. The Morgan fingerprint density at radius 3 is 1.30 bits per heavy atom. The van der Waals surface area contributed by atoms with Crippen molar-refractivity contribution in [3.05, 3.63) is 94.0 Å². The number of ketones is 2. The van der Waals surface area contributed by atoms with Crippen LogP contribution in [-0.4, -0.2) is 130 Å². The second kappa shape index (κ2) is 27.1. The number of hydrogen-bond acceptors (Lipinski definition) is 12. The Morgan fingerprint density at radius 2 is 0.950 bits per heavy atom. The van der Waals surface area contributed by atoms with E-state index in [0.29, 0.717) is 12.8 Å². The van der Waals surface area contributed by atoms with E-state index in [-0.39, 0.29) is 133 Å². The minimum Gasteiger partial charge on any atom is -0.508 e. The molecule has 0 bridgehead atoms. The molecule has 0 saturated carbocycles. The van der Waals surface area contributed by atoms with E-state index in [9.17, 15) is 48.6 Å². The number of halogens is 2. The number of likely N-dealkylation sites (N-methyl/N-ethyl adjacent to an activating group) is 2. The third-order valence-corrected chi connectivity index (χ3v) is 16.4. The summed E-state index contributed by atoms with van der Waals surface area (Å²) in [6.45, 7) is 14.6. The number of carbonyl (C=O) groups is 8. The van der Waals surface area contributed by atoms with Crippen LogP contribution in [0.2, 0.25) is 0 Å². The third kappa shape index (κ3) is 15.3. The minimum absolute atomic E-state index is 0. The van der Waals surface area contributed by atoms with Crippen molar-refractivity contribution >= 4 is 71.8 Å². The number of hydrogen-bond donors (Lipinski definition) is 8. The summed E-state index contributed by atoms with van der Waals surface area (Å²) in [5.74, 6) is -3.60. The van der Waals surface area contributed by atoms with Crippen LogP contribution in [0, 0.1) is 22.7 Å². The summed E-state index contributed by atoms with van der Waals surface area (Å²) in [5, 5.41) is 38.4. The van der Waals surface area contributed by atoms with Gasteiger partial charge in [0, 0.05) is 37.1 Å². The molecule has 80 heavy (non-hydrogen) atoms. The van der Waals surface area contributed by atoms with Crippen LogP contribution in [-0.2, 0) is 41.6 Å². The van der Waals surface area contributed by atoms with Crippen LogP contribution < -0.4 is 31.9 Å². The van der Waals surface area contributed by atoms with E-state index >= 15 is 0 Å². The molecule has 4 aliphatic rings. The molecule has 0 spiro atoms. The van der Waals surface area contributed by atoms with Crippen LogP contribution in [0.5, 0.6) is 11.5 Å². The highest BCUT2D eigenvalue weighted by Crippen LogP contribution is 2.37. The van der Waals surface area contributed by atoms with E-state index in [2.05, 4.69) is 31.9 Å². The Labute approximate surface area is 483 Å². The van der Waals surface area contributed by atoms with Crippen LogP contribution in [0.25, 0.3) is 0 Å². The molecule has 7 rings (SSSR count). The maximum absolute atomic E-state index is 14.7. The number of aromatic hydroxyl groups is 2. The maximum Gasteiger partial charge on any atom is 0.246 e. The number of phenolic OH excluding ortho intramolecular Hbond substituents is 2. The highest BCUT2D eigenvalue weighted by atomic mass is 35.5. The topological polar surface area (TPSA) is 256 Å². The number of amides is 6. The van der Waals surface area contributed by atoms with Gasteiger partial charge in [0.25, 0.3) is 0 Å². The van der Waals surface area contributed by atoms with Crippen LogP contribution in [0.15, 0.2) is 60.7 Å². The molecule has 2 saturated heterocycles. The summed E-state index contributed by atoms with van der Waals surface area (Å²) in [4.78, 5) is 117. The Kier molecular flexibility index (Phi) is 22.0. The average molecular weight is 1150 g/mol. The summed E-state index contributed by atoms with van der Waals surface area (Å²) in [5.41, 5.74) is 2.71. The molecule has 2 aliphatic carbocycles. The lowest BCUT2D eigenvalue weighted by Gasteiger charge is -2.36. The first-order valence-corrected chi connectivity index (χ1v) is 27.7. The predicted molar refractivity (Wildman–Crippen MR) is 310 cm³/mol. The van der Waals surface area contributed by atoms with E-state index in [1.54, 1.807) is 76.5 Å². The standard InChI is InChI=1S/C60H82N8O10.2ClH/c1-33(61-9)53(73)65-51(59(3,4)5)57(77)67-31-35(24-47(67)55(75)63-45-18-12-14-37-29-41(69)20-22-43(37)45)26-49(71)39-16-11-17-40(28-39)50(72)27-36-25-48(56(76)64-46-19-13-15-38-30-42(70)21-23-44(38)46)68(32-36)58(78)52(60(6,7)8)66-54(74)34(2)62-10;;/h11,16-17,20-23,28-30,33-36,45-48,51-52,61-62,69-70H,12-15,18-19,24-27,31-32H2,1-10H3,(H,63,75)(H,64,76)(H,65,73)(H,66,74);2*1H/t33-,34-,35+,36+,45+,46+,47-,48-,51+,52+;;/m0../s1. The van der Waals surface area contributed by atoms with Gasteiger partial charge in [0.1, 0.15) is 35.7 Å². The fraction of sp³-hybridized carbons (Fsp3) is 0.567. The van der Waals surface area contributed by atoms with Crippen molar-refractivity contribution in [2.24, 2.45) is 22.7 Å². The van der Waals surface area contributed by atoms with Crippen LogP contribution in [0.1, 0.15) is 162 Å². The van der Waals surface area contributed by atoms with E-state index in [1.165, 1.54) is 9.80 Å². The number of rotatable bonds is 18. The van der Waals surface area contributed by atoms with Crippen molar-refractivity contribution < 1.29 is 48.6 Å². The second-order valence-electron chi connectivity index (χ2n) is 24.4. The molecule has 3 aromatic rings. The van der Waals surface area contributed by atoms with Crippen molar-refractivity contribution in [3.63, 3.8) is 0 Å². The van der Waals surface area contributed by atoms with Gasteiger partial charge in [-0.15, -0.1) is 24.8 Å². The molecule has 0 radical (unpaired) electrons. The van der Waals surface area contributed by atoms with Crippen LogP contribution >= 0.6 is 24.8 Å². The molecule has 3 aromatic carbocycles. The number of nitrogens with one attached hydrogen (secondary N) is 6. The van der Waals surface area contributed by atoms with E-state index < -0.39 is 70.7 Å². The number of likely N-dealkylation sites (tertiary alicyclic amines) is 2. The molecular formula is C60H84Cl2N8O10. The summed E-state index contributed by atoms with van der Waals surface area (Å²) in [7, 11) is 3.29. The molecule has 2 heterocycles. The number of fused-ring (bicyclic) bond motifs is 2. The summed E-state index contributed by atoms with van der Waals surface area (Å²) >= 11 is 0. The van der Waals surface area contributed by atoms with Gasteiger partial charge >= 0.3 is 0 Å². The van der Waals surface area contributed by atoms with E-state index in [4.69, 9.17) is 0 Å². The molecule has 438 valence electrons. The smallest absolute Gasteiger partial charge is 0.246 e.